The van der Waals surface area contributed by atoms with E-state index in [1.165, 1.54) is 0 Å². The maximum atomic E-state index is 13.3. The summed E-state index contributed by atoms with van der Waals surface area (Å²) in [4.78, 5) is 38.5. The Labute approximate surface area is 192 Å². The highest BCUT2D eigenvalue weighted by molar-refractivity contribution is 6.33. The molecule has 0 bridgehead atoms. The highest BCUT2D eigenvalue weighted by Crippen LogP contribution is 2.45. The summed E-state index contributed by atoms with van der Waals surface area (Å²) < 4.78 is 5.68. The van der Waals surface area contributed by atoms with Crippen LogP contribution in [0.3, 0.4) is 0 Å². The van der Waals surface area contributed by atoms with E-state index in [-0.39, 0.29) is 17.7 Å². The smallest absolute Gasteiger partial charge is 0.322 e. The van der Waals surface area contributed by atoms with Crippen LogP contribution in [0.2, 0.25) is 5.02 Å². The second-order valence-electron chi connectivity index (χ2n) is 9.29. The fourth-order valence-corrected chi connectivity index (χ4v) is 5.25. The molecule has 3 aliphatic rings. The number of amides is 1. The topological polar surface area (TPSA) is 72.5 Å². The number of hydrogen-bond donors (Lipinski definition) is 1. The molecule has 1 unspecified atom stereocenters. The molecule has 1 N–H and O–H groups in total. The van der Waals surface area contributed by atoms with Crippen LogP contribution in [0.15, 0.2) is 36.4 Å². The summed E-state index contributed by atoms with van der Waals surface area (Å²) in [6.45, 7) is 1.88. The van der Waals surface area contributed by atoms with Gasteiger partial charge in [-0.2, -0.15) is 0 Å². The Morgan fingerprint density at radius 3 is 2.56 bits per heavy atom. The first-order chi connectivity index (χ1) is 15.4. The zero-order valence-corrected chi connectivity index (χ0v) is 18.8. The number of rotatable bonds is 4. The first kappa shape index (κ1) is 21.2. The van der Waals surface area contributed by atoms with Crippen LogP contribution in [0.5, 0.6) is 0 Å². The summed E-state index contributed by atoms with van der Waals surface area (Å²) in [5, 5.41) is 3.44. The van der Waals surface area contributed by atoms with E-state index in [9.17, 15) is 14.4 Å². The van der Waals surface area contributed by atoms with Gasteiger partial charge in [-0.25, -0.2) is 0 Å². The molecule has 1 aliphatic heterocycles. The molecule has 2 aromatic rings. The Hall–Kier alpha value is -2.66. The van der Waals surface area contributed by atoms with E-state index in [1.54, 1.807) is 12.1 Å². The minimum Gasteiger partial charge on any atom is -0.450 e. The van der Waals surface area contributed by atoms with Crippen LogP contribution in [0.25, 0.3) is 11.1 Å². The standard InChI is InChI=1S/C26H26ClNO4/c1-15-12-20(16-6-5-7-17(13-16)24(30)28-18-8-9-18)21(27)14-19(15)22-23(29)26(32-25(22)31)10-3-2-4-11-26/h5-7,12-14,18,22H,2-4,8-11H2,1H3,(H,28,30). The van der Waals surface area contributed by atoms with Crippen molar-refractivity contribution in [3.63, 3.8) is 0 Å². The molecule has 1 spiro atoms. The normalized spacial score (nSPS) is 22.1. The van der Waals surface area contributed by atoms with Gasteiger partial charge < -0.3 is 10.1 Å². The van der Waals surface area contributed by atoms with E-state index in [0.717, 1.165) is 48.8 Å². The Bertz CT molecular complexity index is 1110. The van der Waals surface area contributed by atoms with Crippen LogP contribution in [0.1, 0.15) is 72.3 Å². The average molecular weight is 452 g/mol. The molecule has 2 aromatic carbocycles. The van der Waals surface area contributed by atoms with E-state index in [0.29, 0.717) is 29.0 Å². The molecule has 1 heterocycles. The Kier molecular flexibility index (Phi) is 5.32. The molecule has 32 heavy (non-hydrogen) atoms. The number of carbonyl (C=O) groups is 3. The third-order valence-electron chi connectivity index (χ3n) is 6.92. The van der Waals surface area contributed by atoms with Gasteiger partial charge in [0.05, 0.1) is 0 Å². The SMILES string of the molecule is Cc1cc(-c2cccc(C(=O)NC3CC3)c2)c(Cl)cc1C1C(=O)OC2(CCCCC2)C1=O. The number of carbonyl (C=O) groups excluding carboxylic acids is 3. The third kappa shape index (κ3) is 3.73. The number of ether oxygens (including phenoxy) is 1. The van der Waals surface area contributed by atoms with Crippen LogP contribution >= 0.6 is 11.6 Å². The van der Waals surface area contributed by atoms with Gasteiger partial charge in [-0.1, -0.05) is 30.2 Å². The molecule has 2 aliphatic carbocycles. The zero-order chi connectivity index (χ0) is 22.5. The van der Waals surface area contributed by atoms with Crippen molar-refractivity contribution in [2.24, 2.45) is 0 Å². The van der Waals surface area contributed by atoms with Gasteiger partial charge in [0, 0.05) is 22.2 Å². The number of nitrogens with one attached hydrogen (secondary N) is 1. The molecular weight excluding hydrogens is 426 g/mol. The lowest BCUT2D eigenvalue weighted by molar-refractivity contribution is -0.154. The molecule has 166 valence electrons. The number of aryl methyl sites for hydroxylation is 1. The zero-order valence-electron chi connectivity index (χ0n) is 18.1. The summed E-state index contributed by atoms with van der Waals surface area (Å²) >= 11 is 6.65. The molecule has 6 heteroatoms. The van der Waals surface area contributed by atoms with Crippen molar-refractivity contribution in [2.45, 2.75) is 69.4 Å². The quantitative estimate of drug-likeness (QED) is 0.517. The Balaban J connectivity index is 1.46. The fourth-order valence-electron chi connectivity index (χ4n) is 4.96. The molecule has 5 nitrogen and oxygen atoms in total. The monoisotopic (exact) mass is 451 g/mol. The molecule has 1 atom stereocenters. The number of ketones is 1. The largest absolute Gasteiger partial charge is 0.450 e. The first-order valence-electron chi connectivity index (χ1n) is 11.4. The number of Topliss-reactive ketones (excluding diaryl/α,β-unsaturated/α-hetero) is 1. The second-order valence-corrected chi connectivity index (χ2v) is 9.70. The molecule has 1 amide bonds. The van der Waals surface area contributed by atoms with Gasteiger partial charge >= 0.3 is 5.97 Å². The summed E-state index contributed by atoms with van der Waals surface area (Å²) in [7, 11) is 0. The van der Waals surface area contributed by atoms with Crippen LogP contribution in [0.4, 0.5) is 0 Å². The molecule has 2 saturated carbocycles. The van der Waals surface area contributed by atoms with Gasteiger partial charge in [-0.05, 0) is 86.4 Å². The molecule has 0 radical (unpaired) electrons. The van der Waals surface area contributed by atoms with Gasteiger partial charge in [0.2, 0.25) is 0 Å². The predicted molar refractivity (Wildman–Crippen MR) is 122 cm³/mol. The fraction of sp³-hybridized carbons (Fsp3) is 0.423. The van der Waals surface area contributed by atoms with Crippen LogP contribution in [-0.4, -0.2) is 29.3 Å². The van der Waals surface area contributed by atoms with Crippen molar-refractivity contribution in [3.8, 4) is 11.1 Å². The molecular formula is C26H26ClNO4. The maximum absolute atomic E-state index is 13.3. The highest BCUT2D eigenvalue weighted by atomic mass is 35.5. The Morgan fingerprint density at radius 1 is 1.09 bits per heavy atom. The van der Waals surface area contributed by atoms with Gasteiger partial charge in [-0.15, -0.1) is 0 Å². The van der Waals surface area contributed by atoms with E-state index in [1.807, 2.05) is 31.2 Å². The van der Waals surface area contributed by atoms with Gasteiger partial charge in [-0.3, -0.25) is 14.4 Å². The molecule has 3 fully saturated rings. The van der Waals surface area contributed by atoms with Crippen molar-refractivity contribution in [1.82, 2.24) is 5.32 Å². The summed E-state index contributed by atoms with van der Waals surface area (Å²) in [6, 6.07) is 11.2. The molecule has 5 rings (SSSR count). The minimum absolute atomic E-state index is 0.0871. The Morgan fingerprint density at radius 2 is 1.84 bits per heavy atom. The lowest BCUT2D eigenvalue weighted by Crippen LogP contribution is -2.39. The summed E-state index contributed by atoms with van der Waals surface area (Å²) in [5.41, 5.74) is 2.62. The highest BCUT2D eigenvalue weighted by Gasteiger charge is 2.56. The predicted octanol–water partition coefficient (Wildman–Crippen LogP) is 5.12. The molecule has 1 saturated heterocycles. The van der Waals surface area contributed by atoms with E-state index >= 15 is 0 Å². The summed E-state index contributed by atoms with van der Waals surface area (Å²) in [5.74, 6) is -1.61. The van der Waals surface area contributed by atoms with Crippen molar-refractivity contribution in [3.05, 3.63) is 58.1 Å². The van der Waals surface area contributed by atoms with E-state index in [2.05, 4.69) is 5.32 Å². The van der Waals surface area contributed by atoms with Crippen molar-refractivity contribution in [2.75, 3.05) is 0 Å². The second kappa shape index (κ2) is 8.04. The van der Waals surface area contributed by atoms with Crippen molar-refractivity contribution < 1.29 is 19.1 Å². The van der Waals surface area contributed by atoms with E-state index < -0.39 is 17.5 Å². The van der Waals surface area contributed by atoms with Crippen LogP contribution in [-0.2, 0) is 14.3 Å². The third-order valence-corrected chi connectivity index (χ3v) is 7.23. The molecule has 0 aromatic heterocycles. The summed E-state index contributed by atoms with van der Waals surface area (Å²) in [6.07, 6.45) is 6.13. The lowest BCUT2D eigenvalue weighted by Gasteiger charge is -2.29. The van der Waals surface area contributed by atoms with Crippen molar-refractivity contribution in [1.29, 1.82) is 0 Å². The van der Waals surface area contributed by atoms with E-state index in [4.69, 9.17) is 16.3 Å². The minimum atomic E-state index is -0.958. The van der Waals surface area contributed by atoms with Gasteiger partial charge in [0.25, 0.3) is 5.91 Å². The van der Waals surface area contributed by atoms with Gasteiger partial charge in [0.15, 0.2) is 11.4 Å². The average Bonchev–Trinajstić information content (AvgIpc) is 3.56. The number of benzene rings is 2. The number of halogens is 1. The lowest BCUT2D eigenvalue weighted by atomic mass is 9.77. The first-order valence-corrected chi connectivity index (χ1v) is 11.7. The van der Waals surface area contributed by atoms with Crippen molar-refractivity contribution >= 4 is 29.3 Å². The number of hydrogen-bond acceptors (Lipinski definition) is 4. The van der Waals surface area contributed by atoms with Crippen LogP contribution in [0, 0.1) is 6.92 Å². The maximum Gasteiger partial charge on any atom is 0.322 e. The van der Waals surface area contributed by atoms with Crippen LogP contribution < -0.4 is 5.32 Å². The van der Waals surface area contributed by atoms with Gasteiger partial charge in [0.1, 0.15) is 5.92 Å². The number of esters is 1.